The molecule has 1 aromatic rings. The minimum Gasteiger partial charge on any atom is -0.382 e. The Morgan fingerprint density at radius 1 is 1.12 bits per heavy atom. The lowest BCUT2D eigenvalue weighted by Gasteiger charge is -2.27. The average Bonchev–Trinajstić information content (AvgIpc) is 2.68. The Morgan fingerprint density at radius 2 is 1.94 bits per heavy atom. The molecule has 1 aliphatic heterocycles. The number of hydrogen-bond donors (Lipinski definition) is 0. The highest BCUT2D eigenvalue weighted by Crippen LogP contribution is 2.33. The van der Waals surface area contributed by atoms with E-state index in [1.54, 1.807) is 7.11 Å². The van der Waals surface area contributed by atoms with Crippen LogP contribution in [0.3, 0.4) is 0 Å². The summed E-state index contributed by atoms with van der Waals surface area (Å²) in [6.45, 7) is 3.04. The Bertz CT molecular complexity index is 403. The van der Waals surface area contributed by atoms with Crippen LogP contribution in [0.15, 0.2) is 30.5 Å². The van der Waals surface area contributed by atoms with Crippen molar-refractivity contribution in [3.8, 4) is 0 Å². The van der Waals surface area contributed by atoms with Gasteiger partial charge < -0.3 is 9.47 Å². The summed E-state index contributed by atoms with van der Waals surface area (Å²) in [5.74, 6) is 0. The quantitative estimate of drug-likeness (QED) is 0.555. The smallest absolute Gasteiger partial charge is 0.144 e. The van der Waals surface area contributed by atoms with Crippen LogP contribution in [0.25, 0.3) is 6.08 Å². The first-order valence-corrected chi connectivity index (χ1v) is 5.97. The first-order chi connectivity index (χ1) is 8.26. The van der Waals surface area contributed by atoms with E-state index in [0.717, 1.165) is 17.6 Å². The lowest BCUT2D eigenvalue weighted by Crippen LogP contribution is -2.40. The van der Waals surface area contributed by atoms with Crippen LogP contribution in [-0.4, -0.2) is 40.5 Å². The molecular weight excluding hydrogens is 214 g/mol. The number of para-hydroxylation sites is 1. The van der Waals surface area contributed by atoms with E-state index >= 15 is 0 Å². The highest BCUT2D eigenvalue weighted by molar-refractivity contribution is 5.72. The van der Waals surface area contributed by atoms with Crippen molar-refractivity contribution in [2.24, 2.45) is 0 Å². The van der Waals surface area contributed by atoms with Crippen molar-refractivity contribution in [1.29, 1.82) is 0 Å². The third-order valence-electron chi connectivity index (χ3n) is 3.20. The second-order valence-electron chi connectivity index (χ2n) is 4.47. The summed E-state index contributed by atoms with van der Waals surface area (Å²) >= 11 is 0. The number of quaternary nitrogens is 1. The predicted molar refractivity (Wildman–Crippen MR) is 70.8 cm³/mol. The van der Waals surface area contributed by atoms with Gasteiger partial charge in [-0.05, 0) is 6.07 Å². The van der Waals surface area contributed by atoms with E-state index < -0.39 is 0 Å². The molecule has 3 heteroatoms. The van der Waals surface area contributed by atoms with Gasteiger partial charge in [-0.1, -0.05) is 12.1 Å². The third-order valence-corrected chi connectivity index (χ3v) is 3.20. The topological polar surface area (TPSA) is 18.5 Å². The molecule has 92 valence electrons. The lowest BCUT2D eigenvalue weighted by atomic mass is 10.2. The van der Waals surface area contributed by atoms with Crippen molar-refractivity contribution in [2.45, 2.75) is 0 Å². The third kappa shape index (κ3) is 2.75. The van der Waals surface area contributed by atoms with Crippen molar-refractivity contribution in [3.63, 3.8) is 0 Å². The second kappa shape index (κ2) is 5.45. The van der Waals surface area contributed by atoms with Crippen molar-refractivity contribution in [2.75, 3.05) is 40.5 Å². The van der Waals surface area contributed by atoms with E-state index in [1.165, 1.54) is 11.3 Å². The monoisotopic (exact) mass is 234 g/mol. The SMILES string of the molecule is COCCOCC[N+]1(C)C=Cc2ccccc21. The first-order valence-electron chi connectivity index (χ1n) is 5.97. The first kappa shape index (κ1) is 12.3. The maximum atomic E-state index is 5.54. The Kier molecular flexibility index (Phi) is 3.94. The Hall–Kier alpha value is -1.16. The highest BCUT2D eigenvalue weighted by Gasteiger charge is 2.29. The molecule has 0 N–H and O–H groups in total. The van der Waals surface area contributed by atoms with Gasteiger partial charge in [0.2, 0.25) is 0 Å². The largest absolute Gasteiger partial charge is 0.382 e. The number of nitrogens with zero attached hydrogens (tertiary/aromatic N) is 1. The zero-order chi connectivity index (χ0) is 12.1. The number of rotatable bonds is 6. The molecular formula is C14H20NO2+. The van der Waals surface area contributed by atoms with E-state index in [-0.39, 0.29) is 0 Å². The molecule has 0 radical (unpaired) electrons. The molecule has 0 spiro atoms. The number of ether oxygens (including phenoxy) is 2. The summed E-state index contributed by atoms with van der Waals surface area (Å²) in [4.78, 5) is 0. The molecule has 0 bridgehead atoms. The normalized spacial score (nSPS) is 21.8. The standard InChI is InChI=1S/C14H20NO2/c1-15(9-10-17-12-11-16-2)8-7-13-5-3-4-6-14(13)15/h3-8H,9-12H2,1-2H3/q+1. The van der Waals surface area contributed by atoms with Crippen LogP contribution in [0.1, 0.15) is 5.56 Å². The van der Waals surface area contributed by atoms with E-state index in [2.05, 4.69) is 43.6 Å². The molecule has 1 unspecified atom stereocenters. The zero-order valence-electron chi connectivity index (χ0n) is 10.6. The fourth-order valence-corrected chi connectivity index (χ4v) is 2.11. The highest BCUT2D eigenvalue weighted by atomic mass is 16.5. The molecule has 0 saturated heterocycles. The van der Waals surface area contributed by atoms with Crippen LogP contribution in [0.5, 0.6) is 0 Å². The number of likely N-dealkylation sites (N-methyl/N-ethyl adjacent to an activating group) is 1. The van der Waals surface area contributed by atoms with Gasteiger partial charge in [0, 0.05) is 24.8 Å². The van der Waals surface area contributed by atoms with Gasteiger partial charge in [-0.2, -0.15) is 0 Å². The number of benzene rings is 1. The van der Waals surface area contributed by atoms with E-state index in [1.807, 2.05) is 0 Å². The molecule has 2 rings (SSSR count). The van der Waals surface area contributed by atoms with Gasteiger partial charge in [-0.3, -0.25) is 4.48 Å². The Balaban J connectivity index is 1.91. The van der Waals surface area contributed by atoms with Gasteiger partial charge in [0.15, 0.2) is 0 Å². The fourth-order valence-electron chi connectivity index (χ4n) is 2.11. The molecule has 1 heterocycles. The van der Waals surface area contributed by atoms with Crippen molar-refractivity contribution < 1.29 is 9.47 Å². The minimum absolute atomic E-state index is 0.663. The van der Waals surface area contributed by atoms with Gasteiger partial charge >= 0.3 is 0 Å². The molecule has 0 fully saturated rings. The molecule has 0 aromatic heterocycles. The molecule has 1 aromatic carbocycles. The molecule has 17 heavy (non-hydrogen) atoms. The average molecular weight is 234 g/mol. The van der Waals surface area contributed by atoms with Crippen LogP contribution < -0.4 is 4.48 Å². The summed E-state index contributed by atoms with van der Waals surface area (Å²) < 4.78 is 11.3. The fraction of sp³-hybridized carbons (Fsp3) is 0.429. The molecule has 0 aliphatic carbocycles. The van der Waals surface area contributed by atoms with E-state index in [9.17, 15) is 0 Å². The van der Waals surface area contributed by atoms with Crippen LogP contribution in [-0.2, 0) is 9.47 Å². The Labute approximate surface area is 103 Å². The van der Waals surface area contributed by atoms with E-state index in [0.29, 0.717) is 13.2 Å². The number of hydrogen-bond acceptors (Lipinski definition) is 2. The van der Waals surface area contributed by atoms with Crippen LogP contribution in [0, 0.1) is 0 Å². The molecule has 1 atom stereocenters. The minimum atomic E-state index is 0.663. The van der Waals surface area contributed by atoms with Crippen LogP contribution in [0.4, 0.5) is 5.69 Å². The predicted octanol–water partition coefficient (Wildman–Crippen LogP) is 2.27. The van der Waals surface area contributed by atoms with Crippen LogP contribution >= 0.6 is 0 Å². The summed E-state index contributed by atoms with van der Waals surface area (Å²) in [7, 11) is 3.90. The van der Waals surface area contributed by atoms with E-state index in [4.69, 9.17) is 9.47 Å². The number of methoxy groups -OCH3 is 1. The molecule has 0 saturated carbocycles. The summed E-state index contributed by atoms with van der Waals surface area (Å²) in [6.07, 6.45) is 4.41. The van der Waals surface area contributed by atoms with Gasteiger partial charge in [0.1, 0.15) is 18.4 Å². The molecule has 3 nitrogen and oxygen atoms in total. The van der Waals surface area contributed by atoms with Gasteiger partial charge in [-0.25, -0.2) is 0 Å². The molecule has 1 aliphatic rings. The second-order valence-corrected chi connectivity index (χ2v) is 4.47. The summed E-state index contributed by atoms with van der Waals surface area (Å²) in [5, 5.41) is 0. The van der Waals surface area contributed by atoms with Crippen molar-refractivity contribution in [3.05, 3.63) is 36.0 Å². The van der Waals surface area contributed by atoms with Crippen LogP contribution in [0.2, 0.25) is 0 Å². The van der Waals surface area contributed by atoms with Gasteiger partial charge in [0.05, 0.1) is 26.9 Å². The lowest BCUT2D eigenvalue weighted by molar-refractivity contribution is 0.0656. The Morgan fingerprint density at radius 3 is 2.76 bits per heavy atom. The van der Waals surface area contributed by atoms with Crippen molar-refractivity contribution >= 4 is 11.8 Å². The maximum absolute atomic E-state index is 5.54. The molecule has 0 amide bonds. The summed E-state index contributed by atoms with van der Waals surface area (Å²) in [5.41, 5.74) is 2.66. The van der Waals surface area contributed by atoms with Gasteiger partial charge in [0.25, 0.3) is 0 Å². The van der Waals surface area contributed by atoms with Crippen molar-refractivity contribution in [1.82, 2.24) is 4.48 Å². The zero-order valence-corrected chi connectivity index (χ0v) is 10.6. The van der Waals surface area contributed by atoms with Gasteiger partial charge in [-0.15, -0.1) is 0 Å². The summed E-state index contributed by atoms with van der Waals surface area (Å²) in [6, 6.07) is 8.51. The number of fused-ring (bicyclic) bond motifs is 1. The maximum Gasteiger partial charge on any atom is 0.144 e.